The molecule has 1 aliphatic carbocycles. The number of benzene rings is 1. The average Bonchev–Trinajstić information content (AvgIpc) is 3.30. The van der Waals surface area contributed by atoms with E-state index in [-0.39, 0.29) is 11.9 Å². The minimum atomic E-state index is -4.67. The summed E-state index contributed by atoms with van der Waals surface area (Å²) in [6, 6.07) is 6.67. The Kier molecular flexibility index (Phi) is 5.38. The maximum atomic E-state index is 12.5. The second-order valence-electron chi connectivity index (χ2n) is 6.74. The van der Waals surface area contributed by atoms with Gasteiger partial charge in [-0.05, 0) is 31.2 Å². The molecule has 1 aliphatic rings. The first-order chi connectivity index (χ1) is 12.8. The molecule has 3 rings (SSSR count). The van der Waals surface area contributed by atoms with E-state index in [1.54, 1.807) is 36.2 Å². The van der Waals surface area contributed by atoms with Gasteiger partial charge in [0.2, 0.25) is 5.82 Å². The van der Waals surface area contributed by atoms with Crippen LogP contribution in [0.3, 0.4) is 0 Å². The van der Waals surface area contributed by atoms with E-state index >= 15 is 0 Å². The summed E-state index contributed by atoms with van der Waals surface area (Å²) in [6.45, 7) is 3.82. The molecule has 146 valence electrons. The first-order valence-corrected chi connectivity index (χ1v) is 8.78. The number of carbonyl (C=O) groups is 1. The van der Waals surface area contributed by atoms with Crippen LogP contribution >= 0.6 is 0 Å². The van der Waals surface area contributed by atoms with Gasteiger partial charge in [0.25, 0.3) is 0 Å². The Morgan fingerprint density at radius 3 is 2.44 bits per heavy atom. The quantitative estimate of drug-likeness (QED) is 0.757. The summed E-state index contributed by atoms with van der Waals surface area (Å²) < 4.78 is 41.9. The second-order valence-corrected chi connectivity index (χ2v) is 6.74. The van der Waals surface area contributed by atoms with Crippen molar-refractivity contribution in [3.63, 3.8) is 0 Å². The number of nitrogens with zero attached hydrogens (tertiary/aromatic N) is 4. The molecule has 0 N–H and O–H groups in total. The summed E-state index contributed by atoms with van der Waals surface area (Å²) in [7, 11) is 1.74. The number of hydrogen-bond donors (Lipinski definition) is 0. The Bertz CT molecular complexity index is 785. The number of alkyl halides is 3. The number of aromatic nitrogens is 2. The van der Waals surface area contributed by atoms with Crippen molar-refractivity contribution in [3.8, 4) is 11.4 Å². The molecular formula is C18H21F3N4O2. The highest BCUT2D eigenvalue weighted by atomic mass is 19.4. The van der Waals surface area contributed by atoms with E-state index in [1.807, 2.05) is 11.8 Å². The van der Waals surface area contributed by atoms with Crippen molar-refractivity contribution in [1.29, 1.82) is 0 Å². The van der Waals surface area contributed by atoms with E-state index in [2.05, 4.69) is 14.7 Å². The van der Waals surface area contributed by atoms with Gasteiger partial charge in [-0.1, -0.05) is 29.4 Å². The molecule has 0 aliphatic heterocycles. The van der Waals surface area contributed by atoms with E-state index in [9.17, 15) is 18.0 Å². The SMILES string of the molecule is CCN(CC1CC1)C(=O)N(C)Cc1ccc(-c2noc(C(F)(F)F)n2)cc1. The average molecular weight is 382 g/mol. The molecule has 0 radical (unpaired) electrons. The number of halogens is 3. The van der Waals surface area contributed by atoms with Crippen LogP contribution in [0.2, 0.25) is 0 Å². The van der Waals surface area contributed by atoms with E-state index in [0.717, 1.165) is 12.1 Å². The van der Waals surface area contributed by atoms with Crippen LogP contribution in [0.15, 0.2) is 28.8 Å². The van der Waals surface area contributed by atoms with Crippen LogP contribution in [0, 0.1) is 5.92 Å². The molecule has 27 heavy (non-hydrogen) atoms. The summed E-state index contributed by atoms with van der Waals surface area (Å²) >= 11 is 0. The Morgan fingerprint density at radius 2 is 1.93 bits per heavy atom. The first-order valence-electron chi connectivity index (χ1n) is 8.78. The minimum Gasteiger partial charge on any atom is -0.329 e. The van der Waals surface area contributed by atoms with E-state index in [0.29, 0.717) is 24.6 Å². The van der Waals surface area contributed by atoms with E-state index in [4.69, 9.17) is 0 Å². The third-order valence-corrected chi connectivity index (χ3v) is 4.45. The van der Waals surface area contributed by atoms with Gasteiger partial charge in [0, 0.05) is 32.2 Å². The smallest absolute Gasteiger partial charge is 0.329 e. The van der Waals surface area contributed by atoms with Crippen LogP contribution in [-0.2, 0) is 12.7 Å². The summed E-state index contributed by atoms with van der Waals surface area (Å²) in [5.74, 6) is -0.875. The van der Waals surface area contributed by atoms with Crippen molar-refractivity contribution < 1.29 is 22.5 Å². The fourth-order valence-corrected chi connectivity index (χ4v) is 2.75. The lowest BCUT2D eigenvalue weighted by Gasteiger charge is -2.27. The molecule has 1 saturated carbocycles. The monoisotopic (exact) mass is 382 g/mol. The zero-order valence-electron chi connectivity index (χ0n) is 15.2. The summed E-state index contributed by atoms with van der Waals surface area (Å²) in [5, 5.41) is 3.36. The third-order valence-electron chi connectivity index (χ3n) is 4.45. The number of hydrogen-bond acceptors (Lipinski definition) is 4. The van der Waals surface area contributed by atoms with Gasteiger partial charge >= 0.3 is 18.1 Å². The van der Waals surface area contributed by atoms with Gasteiger partial charge in [-0.2, -0.15) is 18.2 Å². The zero-order valence-corrected chi connectivity index (χ0v) is 15.2. The zero-order chi connectivity index (χ0) is 19.6. The Morgan fingerprint density at radius 1 is 1.26 bits per heavy atom. The maximum absolute atomic E-state index is 12.5. The van der Waals surface area contributed by atoms with Crippen molar-refractivity contribution >= 4 is 6.03 Å². The standard InChI is InChI=1S/C18H21F3N4O2/c1-3-25(11-13-4-5-13)17(26)24(2)10-12-6-8-14(9-7-12)15-22-16(27-23-15)18(19,20)21/h6-9,13H,3-5,10-11H2,1-2H3. The second kappa shape index (κ2) is 7.58. The minimum absolute atomic E-state index is 0.0264. The van der Waals surface area contributed by atoms with Crippen molar-refractivity contribution in [3.05, 3.63) is 35.7 Å². The molecule has 1 aromatic carbocycles. The molecular weight excluding hydrogens is 361 g/mol. The molecule has 6 nitrogen and oxygen atoms in total. The molecule has 9 heteroatoms. The summed E-state index contributed by atoms with van der Waals surface area (Å²) in [5.41, 5.74) is 1.27. The summed E-state index contributed by atoms with van der Waals surface area (Å²) in [4.78, 5) is 19.4. The normalized spacial score (nSPS) is 14.3. The predicted octanol–water partition coefficient (Wildman–Crippen LogP) is 4.04. The van der Waals surface area contributed by atoms with Crippen LogP contribution in [0.4, 0.5) is 18.0 Å². The lowest BCUT2D eigenvalue weighted by molar-refractivity contribution is -0.159. The lowest BCUT2D eigenvalue weighted by atomic mass is 10.1. The van der Waals surface area contributed by atoms with Crippen LogP contribution in [0.25, 0.3) is 11.4 Å². The molecule has 1 heterocycles. The molecule has 0 spiro atoms. The van der Waals surface area contributed by atoms with Gasteiger partial charge in [-0.3, -0.25) is 0 Å². The van der Waals surface area contributed by atoms with Gasteiger partial charge in [-0.25, -0.2) is 4.79 Å². The van der Waals surface area contributed by atoms with Gasteiger partial charge in [-0.15, -0.1) is 0 Å². The topological polar surface area (TPSA) is 62.5 Å². The van der Waals surface area contributed by atoms with E-state index in [1.165, 1.54) is 12.8 Å². The molecule has 0 unspecified atom stereocenters. The Balaban J connectivity index is 1.63. The third kappa shape index (κ3) is 4.78. The van der Waals surface area contributed by atoms with Crippen LogP contribution < -0.4 is 0 Å². The van der Waals surface area contributed by atoms with Crippen molar-refractivity contribution in [2.24, 2.45) is 5.92 Å². The van der Waals surface area contributed by atoms with Crippen LogP contribution in [-0.4, -0.2) is 46.1 Å². The Labute approximate surface area is 154 Å². The van der Waals surface area contributed by atoms with Gasteiger partial charge < -0.3 is 14.3 Å². The fourth-order valence-electron chi connectivity index (χ4n) is 2.75. The number of rotatable bonds is 6. The fraction of sp³-hybridized carbons (Fsp3) is 0.500. The maximum Gasteiger partial charge on any atom is 0.471 e. The van der Waals surface area contributed by atoms with Gasteiger partial charge in [0.05, 0.1) is 0 Å². The number of carbonyl (C=O) groups excluding carboxylic acids is 1. The molecule has 2 amide bonds. The highest BCUT2D eigenvalue weighted by Crippen LogP contribution is 2.30. The molecule has 2 aromatic rings. The van der Waals surface area contributed by atoms with E-state index < -0.39 is 12.1 Å². The molecule has 1 fully saturated rings. The van der Waals surface area contributed by atoms with Crippen LogP contribution in [0.5, 0.6) is 0 Å². The molecule has 1 aromatic heterocycles. The predicted molar refractivity (Wildman–Crippen MR) is 91.6 cm³/mol. The van der Waals surface area contributed by atoms with Crippen molar-refractivity contribution in [2.75, 3.05) is 20.1 Å². The molecule has 0 bridgehead atoms. The first kappa shape index (κ1) is 19.2. The molecule has 0 saturated heterocycles. The number of urea groups is 1. The highest BCUT2D eigenvalue weighted by molar-refractivity contribution is 5.74. The largest absolute Gasteiger partial charge is 0.471 e. The Hall–Kier alpha value is -2.58. The van der Waals surface area contributed by atoms with Gasteiger partial charge in [0.1, 0.15) is 0 Å². The van der Waals surface area contributed by atoms with Gasteiger partial charge in [0.15, 0.2) is 0 Å². The summed E-state index contributed by atoms with van der Waals surface area (Å²) in [6.07, 6.45) is -2.30. The lowest BCUT2D eigenvalue weighted by Crippen LogP contribution is -2.41. The molecule has 0 atom stereocenters. The van der Waals surface area contributed by atoms with Crippen molar-refractivity contribution in [2.45, 2.75) is 32.5 Å². The van der Waals surface area contributed by atoms with Crippen LogP contribution in [0.1, 0.15) is 31.2 Å². The number of amides is 2. The highest BCUT2D eigenvalue weighted by Gasteiger charge is 2.38. The van der Waals surface area contributed by atoms with Crippen molar-refractivity contribution in [1.82, 2.24) is 19.9 Å².